The molecule has 0 saturated carbocycles. The van der Waals surface area contributed by atoms with Gasteiger partial charge in [-0.1, -0.05) is 17.8 Å². The lowest BCUT2D eigenvalue weighted by atomic mass is 10.1. The third-order valence-corrected chi connectivity index (χ3v) is 3.45. The van der Waals surface area contributed by atoms with Crippen molar-refractivity contribution in [3.63, 3.8) is 0 Å². The standard InChI is InChI=1S/C19H25N5O4/c1-4-11-21-16(25)9-7-14(20)18(27)24-15(19(28)23-13-6-3)8-10-17(26)22-12-5-2/h1-3,14-15H,7-13,20H2,(H,21,25)(H,22,26)(H,23,28)(H,24,27)/t14-,15+/m1/s1. The van der Waals surface area contributed by atoms with Gasteiger partial charge in [-0.15, -0.1) is 19.3 Å². The lowest BCUT2D eigenvalue weighted by Crippen LogP contribution is -2.52. The molecule has 2 atom stereocenters. The molecule has 0 spiro atoms. The summed E-state index contributed by atoms with van der Waals surface area (Å²) in [7, 11) is 0. The quantitative estimate of drug-likeness (QED) is 0.238. The lowest BCUT2D eigenvalue weighted by molar-refractivity contribution is -0.130. The number of hydrogen-bond donors (Lipinski definition) is 5. The molecule has 9 heteroatoms. The maximum atomic E-state index is 12.2. The van der Waals surface area contributed by atoms with Gasteiger partial charge in [-0.2, -0.15) is 0 Å². The van der Waals surface area contributed by atoms with Crippen molar-refractivity contribution in [1.82, 2.24) is 21.3 Å². The molecule has 150 valence electrons. The molecule has 4 amide bonds. The van der Waals surface area contributed by atoms with Crippen LogP contribution in [0.2, 0.25) is 0 Å². The fourth-order valence-electron chi connectivity index (χ4n) is 1.98. The summed E-state index contributed by atoms with van der Waals surface area (Å²) in [4.78, 5) is 47.6. The smallest absolute Gasteiger partial charge is 0.243 e. The van der Waals surface area contributed by atoms with E-state index >= 15 is 0 Å². The second-order valence-electron chi connectivity index (χ2n) is 5.63. The zero-order valence-corrected chi connectivity index (χ0v) is 15.5. The zero-order valence-electron chi connectivity index (χ0n) is 15.5. The molecule has 0 bridgehead atoms. The van der Waals surface area contributed by atoms with Crippen LogP contribution in [-0.2, 0) is 19.2 Å². The molecule has 28 heavy (non-hydrogen) atoms. The first kappa shape index (κ1) is 24.5. The van der Waals surface area contributed by atoms with E-state index in [0.717, 1.165) is 0 Å². The van der Waals surface area contributed by atoms with Crippen LogP contribution in [0.15, 0.2) is 0 Å². The Morgan fingerprint density at radius 2 is 1.21 bits per heavy atom. The lowest BCUT2D eigenvalue weighted by Gasteiger charge is -2.20. The van der Waals surface area contributed by atoms with Crippen molar-refractivity contribution >= 4 is 23.6 Å². The molecule has 0 aliphatic carbocycles. The molecule has 0 aromatic rings. The largest absolute Gasteiger partial charge is 0.345 e. The number of carbonyl (C=O) groups is 4. The molecule has 0 aromatic carbocycles. The molecule has 9 nitrogen and oxygen atoms in total. The summed E-state index contributed by atoms with van der Waals surface area (Å²) < 4.78 is 0. The molecule has 0 fully saturated rings. The molecule has 0 heterocycles. The van der Waals surface area contributed by atoms with Gasteiger partial charge in [0.15, 0.2) is 0 Å². The molecule has 0 aliphatic heterocycles. The Kier molecular flexibility index (Phi) is 12.8. The minimum absolute atomic E-state index is 0.00127. The average molecular weight is 387 g/mol. The van der Waals surface area contributed by atoms with Crippen LogP contribution in [0.25, 0.3) is 0 Å². The van der Waals surface area contributed by atoms with E-state index in [2.05, 4.69) is 39.0 Å². The summed E-state index contributed by atoms with van der Waals surface area (Å²) in [6.45, 7) is 0.112. The molecule has 0 aromatic heterocycles. The highest BCUT2D eigenvalue weighted by Gasteiger charge is 2.24. The van der Waals surface area contributed by atoms with Gasteiger partial charge in [0.1, 0.15) is 6.04 Å². The van der Waals surface area contributed by atoms with E-state index in [-0.39, 0.29) is 57.1 Å². The number of carbonyl (C=O) groups excluding carboxylic acids is 4. The molecule has 0 aliphatic rings. The summed E-state index contributed by atoms with van der Waals surface area (Å²) in [5.41, 5.74) is 5.77. The van der Waals surface area contributed by atoms with Crippen molar-refractivity contribution < 1.29 is 19.2 Å². The predicted octanol–water partition coefficient (Wildman–Crippen LogP) is -2.39. The van der Waals surface area contributed by atoms with Gasteiger partial charge in [0.05, 0.1) is 25.7 Å². The van der Waals surface area contributed by atoms with Crippen molar-refractivity contribution in [2.75, 3.05) is 19.6 Å². The summed E-state index contributed by atoms with van der Waals surface area (Å²) in [6, 6.07) is -2.03. The number of rotatable bonds is 12. The van der Waals surface area contributed by atoms with Gasteiger partial charge in [0.25, 0.3) is 0 Å². The molecule has 0 rings (SSSR count). The Balaban J connectivity index is 4.71. The minimum atomic E-state index is -1.02. The molecule has 6 N–H and O–H groups in total. The van der Waals surface area contributed by atoms with Crippen LogP contribution in [0.4, 0.5) is 0 Å². The second-order valence-corrected chi connectivity index (χ2v) is 5.63. The van der Waals surface area contributed by atoms with Crippen LogP contribution in [0.1, 0.15) is 25.7 Å². The van der Waals surface area contributed by atoms with E-state index in [1.807, 2.05) is 0 Å². The zero-order chi connectivity index (χ0) is 21.4. The van der Waals surface area contributed by atoms with Crippen LogP contribution >= 0.6 is 0 Å². The van der Waals surface area contributed by atoms with Gasteiger partial charge in [-0.25, -0.2) is 0 Å². The van der Waals surface area contributed by atoms with Crippen molar-refractivity contribution in [2.24, 2.45) is 5.73 Å². The third kappa shape index (κ3) is 11.2. The van der Waals surface area contributed by atoms with E-state index in [0.29, 0.717) is 0 Å². The third-order valence-electron chi connectivity index (χ3n) is 3.45. The molecule has 0 radical (unpaired) electrons. The van der Waals surface area contributed by atoms with Gasteiger partial charge in [0, 0.05) is 12.8 Å². The van der Waals surface area contributed by atoms with Gasteiger partial charge in [-0.05, 0) is 12.8 Å². The van der Waals surface area contributed by atoms with Crippen molar-refractivity contribution in [1.29, 1.82) is 0 Å². The Morgan fingerprint density at radius 3 is 1.71 bits per heavy atom. The number of amides is 4. The van der Waals surface area contributed by atoms with E-state index in [9.17, 15) is 19.2 Å². The topological polar surface area (TPSA) is 142 Å². The summed E-state index contributed by atoms with van der Waals surface area (Å²) in [5, 5.41) is 9.83. The Labute approximate surface area is 164 Å². The SMILES string of the molecule is C#CCNC(=O)CC[C@@H](N)C(=O)N[C@@H](CCC(=O)NCC#C)C(=O)NCC#C. The highest BCUT2D eigenvalue weighted by atomic mass is 16.2. The minimum Gasteiger partial charge on any atom is -0.345 e. The van der Waals surface area contributed by atoms with E-state index in [1.54, 1.807) is 0 Å². The predicted molar refractivity (Wildman–Crippen MR) is 104 cm³/mol. The van der Waals surface area contributed by atoms with Gasteiger partial charge >= 0.3 is 0 Å². The molecular weight excluding hydrogens is 362 g/mol. The van der Waals surface area contributed by atoms with Crippen LogP contribution in [0.5, 0.6) is 0 Å². The first-order valence-corrected chi connectivity index (χ1v) is 8.53. The van der Waals surface area contributed by atoms with Crippen LogP contribution in [-0.4, -0.2) is 55.3 Å². The van der Waals surface area contributed by atoms with Gasteiger partial charge in [-0.3, -0.25) is 19.2 Å². The fourth-order valence-corrected chi connectivity index (χ4v) is 1.98. The second kappa shape index (κ2) is 14.7. The Hall–Kier alpha value is -3.48. The number of nitrogens with one attached hydrogen (secondary N) is 4. The maximum absolute atomic E-state index is 12.2. The normalized spacial score (nSPS) is 11.5. The number of terminal acetylenes is 3. The highest BCUT2D eigenvalue weighted by Crippen LogP contribution is 2.01. The van der Waals surface area contributed by atoms with Crippen LogP contribution in [0.3, 0.4) is 0 Å². The molecule has 0 unspecified atom stereocenters. The first-order chi connectivity index (χ1) is 13.3. The van der Waals surface area contributed by atoms with Gasteiger partial charge in [0.2, 0.25) is 23.6 Å². The number of hydrogen-bond acceptors (Lipinski definition) is 5. The van der Waals surface area contributed by atoms with Crippen LogP contribution < -0.4 is 27.0 Å². The fraction of sp³-hybridized carbons (Fsp3) is 0.474. The van der Waals surface area contributed by atoms with E-state index < -0.39 is 23.9 Å². The maximum Gasteiger partial charge on any atom is 0.243 e. The number of nitrogens with two attached hydrogens (primary N) is 1. The first-order valence-electron chi connectivity index (χ1n) is 8.53. The summed E-state index contributed by atoms with van der Waals surface area (Å²) in [5.74, 6) is 4.88. The van der Waals surface area contributed by atoms with Crippen molar-refractivity contribution in [3.8, 4) is 37.0 Å². The summed E-state index contributed by atoms with van der Waals surface area (Å²) in [6.07, 6.45) is 15.2. The highest BCUT2D eigenvalue weighted by molar-refractivity contribution is 5.90. The van der Waals surface area contributed by atoms with Crippen LogP contribution in [0, 0.1) is 37.0 Å². The summed E-state index contributed by atoms with van der Waals surface area (Å²) >= 11 is 0. The average Bonchev–Trinajstić information content (AvgIpc) is 2.69. The monoisotopic (exact) mass is 387 g/mol. The Morgan fingerprint density at radius 1 is 0.750 bits per heavy atom. The molecular formula is C19H25N5O4. The van der Waals surface area contributed by atoms with E-state index in [4.69, 9.17) is 25.0 Å². The van der Waals surface area contributed by atoms with Gasteiger partial charge < -0.3 is 27.0 Å². The van der Waals surface area contributed by atoms with Crippen molar-refractivity contribution in [2.45, 2.75) is 37.8 Å². The van der Waals surface area contributed by atoms with Crippen molar-refractivity contribution in [3.05, 3.63) is 0 Å². The van der Waals surface area contributed by atoms with E-state index in [1.165, 1.54) is 0 Å². The molecule has 0 saturated heterocycles. The Bertz CT molecular complexity index is 684.